The predicted octanol–water partition coefficient (Wildman–Crippen LogP) is 2.76. The smallest absolute Gasteiger partial charge is 0.350 e. The van der Waals surface area contributed by atoms with Crippen molar-refractivity contribution < 1.29 is 0 Å². The van der Waals surface area contributed by atoms with Gasteiger partial charge in [0.05, 0.1) is 6.54 Å². The highest BCUT2D eigenvalue weighted by atomic mass is 16.2. The number of hydrogen-bond donors (Lipinski definition) is 1. The van der Waals surface area contributed by atoms with Crippen LogP contribution in [0.4, 0.5) is 5.69 Å². The van der Waals surface area contributed by atoms with Gasteiger partial charge in [0.1, 0.15) is 0 Å². The number of rotatable bonds is 4. The van der Waals surface area contributed by atoms with E-state index >= 15 is 0 Å². The van der Waals surface area contributed by atoms with Gasteiger partial charge in [-0.2, -0.15) is 0 Å². The lowest BCUT2D eigenvalue weighted by molar-refractivity contribution is 0.614. The zero-order chi connectivity index (χ0) is 15.6. The summed E-state index contributed by atoms with van der Waals surface area (Å²) >= 11 is 0. The summed E-state index contributed by atoms with van der Waals surface area (Å²) < 4.78 is 3.04. The summed E-state index contributed by atoms with van der Waals surface area (Å²) in [6, 6.07) is 20.0. The van der Waals surface area contributed by atoms with Crippen molar-refractivity contribution in [2.24, 2.45) is 0 Å². The summed E-state index contributed by atoms with van der Waals surface area (Å²) in [5.41, 5.74) is 1.60. The third-order valence-electron chi connectivity index (χ3n) is 3.89. The molecule has 0 unspecified atom stereocenters. The molecule has 0 bridgehead atoms. The van der Waals surface area contributed by atoms with Gasteiger partial charge in [-0.1, -0.05) is 36.4 Å². The van der Waals surface area contributed by atoms with E-state index in [1.807, 2.05) is 30.3 Å². The highest BCUT2D eigenvalue weighted by Gasteiger charge is 2.05. The van der Waals surface area contributed by atoms with Gasteiger partial charge >= 0.3 is 5.69 Å². The van der Waals surface area contributed by atoms with E-state index in [1.165, 1.54) is 15.5 Å². The molecule has 0 aliphatic heterocycles. The summed E-state index contributed by atoms with van der Waals surface area (Å²) in [6.07, 6.45) is 1.73. The van der Waals surface area contributed by atoms with E-state index in [0.717, 1.165) is 5.69 Å². The molecule has 0 spiro atoms. The molecule has 0 amide bonds. The average molecular weight is 304 g/mol. The Bertz CT molecular complexity index is 1030. The van der Waals surface area contributed by atoms with Gasteiger partial charge in [0.25, 0.3) is 0 Å². The summed E-state index contributed by atoms with van der Waals surface area (Å²) in [6.45, 7) is 1.16. The predicted molar refractivity (Wildman–Crippen MR) is 91.9 cm³/mol. The number of pyridine rings is 1. The first-order chi connectivity index (χ1) is 11.3. The monoisotopic (exact) mass is 304 g/mol. The van der Waals surface area contributed by atoms with E-state index in [0.29, 0.717) is 18.7 Å². The van der Waals surface area contributed by atoms with Gasteiger partial charge in [-0.05, 0) is 35.0 Å². The Hall–Kier alpha value is -3.08. The number of nitrogens with zero attached hydrogens (tertiary/aromatic N) is 3. The van der Waals surface area contributed by atoms with Crippen molar-refractivity contribution in [3.63, 3.8) is 0 Å². The van der Waals surface area contributed by atoms with Gasteiger partial charge in [-0.3, -0.25) is 4.40 Å². The lowest BCUT2D eigenvalue weighted by atomic mass is 10.1. The van der Waals surface area contributed by atoms with Crippen LogP contribution in [0.15, 0.2) is 71.7 Å². The van der Waals surface area contributed by atoms with Gasteiger partial charge in [-0.15, -0.1) is 5.10 Å². The fraction of sp³-hybridized carbons (Fsp3) is 0.111. The lowest BCUT2D eigenvalue weighted by Crippen LogP contribution is -2.24. The average Bonchev–Trinajstić information content (AvgIpc) is 2.91. The molecule has 4 rings (SSSR count). The van der Waals surface area contributed by atoms with Crippen LogP contribution in [0.5, 0.6) is 0 Å². The van der Waals surface area contributed by atoms with Crippen molar-refractivity contribution in [2.45, 2.75) is 6.54 Å². The summed E-state index contributed by atoms with van der Waals surface area (Å²) in [4.78, 5) is 12.2. The second-order valence-electron chi connectivity index (χ2n) is 5.42. The maximum atomic E-state index is 12.2. The molecule has 0 atom stereocenters. The third kappa shape index (κ3) is 2.57. The van der Waals surface area contributed by atoms with Gasteiger partial charge in [-0.25, -0.2) is 9.48 Å². The van der Waals surface area contributed by atoms with Crippen LogP contribution in [-0.4, -0.2) is 20.7 Å². The van der Waals surface area contributed by atoms with Gasteiger partial charge in [0.2, 0.25) is 0 Å². The molecule has 4 aromatic rings. The molecule has 0 aliphatic rings. The third-order valence-corrected chi connectivity index (χ3v) is 3.89. The summed E-state index contributed by atoms with van der Waals surface area (Å²) in [5, 5.41) is 10.1. The maximum absolute atomic E-state index is 12.2. The minimum absolute atomic E-state index is 0.110. The van der Waals surface area contributed by atoms with Crippen LogP contribution >= 0.6 is 0 Å². The van der Waals surface area contributed by atoms with E-state index in [4.69, 9.17) is 0 Å². The molecule has 0 aliphatic carbocycles. The molecular weight excluding hydrogens is 288 g/mol. The molecule has 0 saturated heterocycles. The van der Waals surface area contributed by atoms with Crippen LogP contribution in [-0.2, 0) is 6.54 Å². The Morgan fingerprint density at radius 2 is 1.78 bits per heavy atom. The molecule has 2 aromatic carbocycles. The first kappa shape index (κ1) is 13.6. The van der Waals surface area contributed by atoms with Crippen LogP contribution in [0.3, 0.4) is 0 Å². The highest BCUT2D eigenvalue weighted by Crippen LogP contribution is 2.18. The molecule has 1 N–H and O–H groups in total. The van der Waals surface area contributed by atoms with Crippen LogP contribution in [0, 0.1) is 0 Å². The molecule has 23 heavy (non-hydrogen) atoms. The quantitative estimate of drug-likeness (QED) is 0.631. The summed E-state index contributed by atoms with van der Waals surface area (Å²) in [7, 11) is 0. The molecule has 2 heterocycles. The summed E-state index contributed by atoms with van der Waals surface area (Å²) in [5.74, 6) is 0. The van der Waals surface area contributed by atoms with Gasteiger partial charge in [0.15, 0.2) is 5.65 Å². The zero-order valence-electron chi connectivity index (χ0n) is 12.5. The van der Waals surface area contributed by atoms with E-state index in [2.05, 4.69) is 40.7 Å². The molecule has 5 heteroatoms. The van der Waals surface area contributed by atoms with Crippen LogP contribution in [0.1, 0.15) is 0 Å². The van der Waals surface area contributed by atoms with Crippen molar-refractivity contribution in [1.29, 1.82) is 0 Å². The van der Waals surface area contributed by atoms with Crippen molar-refractivity contribution >= 4 is 22.1 Å². The number of anilines is 1. The Kier molecular flexibility index (Phi) is 3.31. The van der Waals surface area contributed by atoms with Gasteiger partial charge in [0, 0.05) is 18.4 Å². The molecule has 0 saturated carbocycles. The number of nitrogens with one attached hydrogen (secondary N) is 1. The SMILES string of the molecule is O=c1n(CCNc2ccc3ccccc3c2)nc2ccccn12. The number of benzene rings is 2. The van der Waals surface area contributed by atoms with E-state index in [1.54, 1.807) is 10.6 Å². The molecule has 2 aromatic heterocycles. The van der Waals surface area contributed by atoms with E-state index in [9.17, 15) is 4.79 Å². The van der Waals surface area contributed by atoms with E-state index < -0.39 is 0 Å². The fourth-order valence-corrected chi connectivity index (χ4v) is 2.72. The number of aromatic nitrogens is 3. The molecule has 0 radical (unpaired) electrons. The van der Waals surface area contributed by atoms with Crippen molar-refractivity contribution in [1.82, 2.24) is 14.2 Å². The first-order valence-electron chi connectivity index (χ1n) is 7.58. The number of hydrogen-bond acceptors (Lipinski definition) is 3. The molecule has 5 nitrogen and oxygen atoms in total. The minimum Gasteiger partial charge on any atom is -0.383 e. The Balaban J connectivity index is 1.49. The largest absolute Gasteiger partial charge is 0.383 e. The van der Waals surface area contributed by atoms with Crippen LogP contribution in [0.25, 0.3) is 16.4 Å². The van der Waals surface area contributed by atoms with Crippen LogP contribution < -0.4 is 11.0 Å². The normalized spacial score (nSPS) is 11.1. The Labute approximate surface area is 132 Å². The fourth-order valence-electron chi connectivity index (χ4n) is 2.72. The standard InChI is InChI=1S/C18H16N4O/c23-18-21-11-4-3-7-17(21)20-22(18)12-10-19-16-9-8-14-5-1-2-6-15(14)13-16/h1-9,11,13,19H,10,12H2. The second kappa shape index (κ2) is 5.61. The molecular formula is C18H16N4O. The zero-order valence-corrected chi connectivity index (χ0v) is 12.5. The lowest BCUT2D eigenvalue weighted by Gasteiger charge is -2.07. The highest BCUT2D eigenvalue weighted by molar-refractivity contribution is 5.85. The van der Waals surface area contributed by atoms with Crippen molar-refractivity contribution in [2.75, 3.05) is 11.9 Å². The molecule has 114 valence electrons. The Morgan fingerprint density at radius 1 is 0.957 bits per heavy atom. The molecule has 0 fully saturated rings. The topological polar surface area (TPSA) is 51.3 Å². The second-order valence-corrected chi connectivity index (χ2v) is 5.42. The van der Waals surface area contributed by atoms with Crippen molar-refractivity contribution in [3.05, 3.63) is 77.3 Å². The van der Waals surface area contributed by atoms with E-state index in [-0.39, 0.29) is 5.69 Å². The Morgan fingerprint density at radius 3 is 2.65 bits per heavy atom. The number of fused-ring (bicyclic) bond motifs is 2. The minimum atomic E-state index is -0.110. The maximum Gasteiger partial charge on any atom is 0.350 e. The van der Waals surface area contributed by atoms with Gasteiger partial charge < -0.3 is 5.32 Å². The first-order valence-corrected chi connectivity index (χ1v) is 7.58. The van der Waals surface area contributed by atoms with Crippen molar-refractivity contribution in [3.8, 4) is 0 Å². The van der Waals surface area contributed by atoms with Crippen LogP contribution in [0.2, 0.25) is 0 Å².